The van der Waals surface area contributed by atoms with Crippen LogP contribution in [0.4, 0.5) is 0 Å². The Bertz CT molecular complexity index is 4290. The largest absolute Gasteiger partial charge is 0.0619 e. The van der Waals surface area contributed by atoms with E-state index in [1.54, 1.807) is 0 Å². The molecule has 0 saturated carbocycles. The summed E-state index contributed by atoms with van der Waals surface area (Å²) in [4.78, 5) is 0. The quantitative estimate of drug-likeness (QED) is 0.151. The van der Waals surface area contributed by atoms with Crippen LogP contribution in [0.1, 0.15) is 49.9 Å². The second-order valence-corrected chi connectivity index (χ2v) is 22.5. The minimum absolute atomic E-state index is 0.114. The first-order valence-electron chi connectivity index (χ1n) is 26.3. The highest BCUT2D eigenvalue weighted by Crippen LogP contribution is 2.52. The first-order valence-corrected chi connectivity index (χ1v) is 26.3. The molecule has 0 heteroatoms. The van der Waals surface area contributed by atoms with Crippen LogP contribution in [0.5, 0.6) is 0 Å². The van der Waals surface area contributed by atoms with Crippen molar-refractivity contribution in [2.24, 2.45) is 0 Å². The summed E-state index contributed by atoms with van der Waals surface area (Å²) in [5.74, 6) is 0. The number of hydrogen-bond acceptors (Lipinski definition) is 0. The molecule has 0 aromatic heterocycles. The summed E-state index contributed by atoms with van der Waals surface area (Å²) in [7, 11) is 0. The van der Waals surface area contributed by atoms with E-state index in [0.29, 0.717) is 0 Å². The molecule has 0 heterocycles. The van der Waals surface area contributed by atoms with E-state index in [0.717, 1.165) is 0 Å². The van der Waals surface area contributed by atoms with Crippen LogP contribution in [0.2, 0.25) is 0 Å². The first kappa shape index (κ1) is 41.7. The van der Waals surface area contributed by atoms with Gasteiger partial charge in [-0.15, -0.1) is 0 Å². The van der Waals surface area contributed by atoms with Gasteiger partial charge in [-0.25, -0.2) is 0 Å². The Morgan fingerprint density at radius 1 is 0.189 bits per heavy atom. The zero-order valence-electron chi connectivity index (χ0n) is 41.9. The number of benzene rings is 14. The molecule has 0 unspecified atom stereocenters. The monoisotopic (exact) mass is 938 g/mol. The average Bonchev–Trinajstić information content (AvgIpc) is 3.83. The minimum Gasteiger partial charge on any atom is -0.0619 e. The zero-order chi connectivity index (χ0) is 49.2. The van der Waals surface area contributed by atoms with E-state index in [4.69, 9.17) is 0 Å². The van der Waals surface area contributed by atoms with Crippen LogP contribution in [0.3, 0.4) is 0 Å². The van der Waals surface area contributed by atoms with Crippen LogP contribution in [-0.4, -0.2) is 0 Å². The Morgan fingerprint density at radius 3 is 0.811 bits per heavy atom. The van der Waals surface area contributed by atoms with Gasteiger partial charge in [-0.2, -0.15) is 0 Å². The van der Waals surface area contributed by atoms with Gasteiger partial charge < -0.3 is 0 Å². The molecule has 346 valence electrons. The fourth-order valence-corrected chi connectivity index (χ4v) is 13.9. The van der Waals surface area contributed by atoms with E-state index in [9.17, 15) is 0 Å². The molecule has 0 atom stereocenters. The Labute approximate surface area is 431 Å². The van der Waals surface area contributed by atoms with Crippen molar-refractivity contribution in [1.29, 1.82) is 0 Å². The Morgan fingerprint density at radius 2 is 0.459 bits per heavy atom. The van der Waals surface area contributed by atoms with Gasteiger partial charge in [0.15, 0.2) is 0 Å². The normalized spacial score (nSPS) is 14.2. The number of fused-ring (bicyclic) bond motifs is 6. The molecule has 14 aromatic carbocycles. The van der Waals surface area contributed by atoms with Gasteiger partial charge in [-0.3, -0.25) is 0 Å². The predicted octanol–water partition coefficient (Wildman–Crippen LogP) is 20.4. The van der Waals surface area contributed by atoms with Crippen molar-refractivity contribution < 1.29 is 0 Å². The molecule has 16 rings (SSSR count). The molecule has 14 aromatic rings. The van der Waals surface area contributed by atoms with Gasteiger partial charge in [-0.1, -0.05) is 185 Å². The highest BCUT2D eigenvalue weighted by atomic mass is 14.4. The fourth-order valence-electron chi connectivity index (χ4n) is 13.9. The van der Waals surface area contributed by atoms with E-state index in [1.807, 2.05) is 0 Å². The summed E-state index contributed by atoms with van der Waals surface area (Å²) in [6.07, 6.45) is 0. The lowest BCUT2D eigenvalue weighted by Crippen LogP contribution is -2.15. The van der Waals surface area contributed by atoms with Crippen molar-refractivity contribution in [1.82, 2.24) is 0 Å². The van der Waals surface area contributed by atoms with Crippen LogP contribution in [0.15, 0.2) is 231 Å². The van der Waals surface area contributed by atoms with Crippen LogP contribution in [-0.2, 0) is 10.8 Å². The summed E-state index contributed by atoms with van der Waals surface area (Å²) >= 11 is 0. The van der Waals surface area contributed by atoms with Gasteiger partial charge >= 0.3 is 0 Å². The van der Waals surface area contributed by atoms with Crippen molar-refractivity contribution in [3.05, 3.63) is 253 Å². The lowest BCUT2D eigenvalue weighted by molar-refractivity contribution is 0.660. The third-order valence-electron chi connectivity index (χ3n) is 17.6. The minimum atomic E-state index is -0.114. The Kier molecular flexibility index (Phi) is 8.39. The molecule has 2 aliphatic rings. The van der Waals surface area contributed by atoms with E-state index in [2.05, 4.69) is 258 Å². The molecular formula is C74H50. The van der Waals surface area contributed by atoms with Gasteiger partial charge in [0.25, 0.3) is 0 Å². The maximum Gasteiger partial charge on any atom is 0.0159 e. The summed E-state index contributed by atoms with van der Waals surface area (Å²) in [5.41, 5.74) is 22.8. The highest BCUT2D eigenvalue weighted by Gasteiger charge is 2.37. The standard InChI is InChI=1S/C74H50/c1-73(2)65-17-7-5-15-61(65)63-29-27-47(41-67(63)73)53-35-54(48-28-30-64-62-16-6-8-18-66(62)74(3,4)68(64)42-48)37-57(36-53)60-39-58(55-31-49-23-19-43-11-9-12-44-20-24-50(32-55)71(49)69(43)44)38-59(40-60)56-33-51-25-21-45-13-10-14-46-22-26-52(34-56)72(51)70(45)46/h5-42H,1-4H3. The van der Waals surface area contributed by atoms with Gasteiger partial charge in [-0.05, 0) is 238 Å². The molecule has 0 fully saturated rings. The van der Waals surface area contributed by atoms with Gasteiger partial charge in [0.2, 0.25) is 0 Å². The predicted molar refractivity (Wildman–Crippen MR) is 316 cm³/mol. The molecule has 0 saturated heterocycles. The lowest BCUT2D eigenvalue weighted by Gasteiger charge is -2.23. The third-order valence-corrected chi connectivity index (χ3v) is 17.6. The van der Waals surface area contributed by atoms with Gasteiger partial charge in [0.05, 0.1) is 0 Å². The second-order valence-electron chi connectivity index (χ2n) is 22.5. The molecule has 0 aliphatic heterocycles. The van der Waals surface area contributed by atoms with Gasteiger partial charge in [0.1, 0.15) is 0 Å². The smallest absolute Gasteiger partial charge is 0.0159 e. The van der Waals surface area contributed by atoms with E-state index in [1.165, 1.54) is 165 Å². The Balaban J connectivity index is 0.939. The van der Waals surface area contributed by atoms with Crippen molar-refractivity contribution in [3.63, 3.8) is 0 Å². The summed E-state index contributed by atoms with van der Waals surface area (Å²) < 4.78 is 0. The zero-order valence-corrected chi connectivity index (χ0v) is 41.9. The molecular weight excluding hydrogens is 889 g/mol. The molecule has 74 heavy (non-hydrogen) atoms. The molecule has 0 radical (unpaired) electrons. The molecule has 0 nitrogen and oxygen atoms in total. The molecule has 0 N–H and O–H groups in total. The second kappa shape index (κ2) is 14.9. The number of rotatable bonds is 5. The van der Waals surface area contributed by atoms with Crippen molar-refractivity contribution >= 4 is 64.6 Å². The third kappa shape index (κ3) is 5.91. The van der Waals surface area contributed by atoms with Crippen LogP contribution >= 0.6 is 0 Å². The SMILES string of the molecule is CC1(C)c2ccccc2-c2ccc(-c3cc(-c4cc(-c5cc6ccc7cccc8ccc(c5)c6c78)cc(-c5cc6ccc7cccc8ccc(c5)c6c78)c4)cc(-c4ccc5c(c4)C(C)(C)c4ccccc4-5)c3)cc21. The Hall–Kier alpha value is -8.84. The van der Waals surface area contributed by atoms with E-state index in [-0.39, 0.29) is 10.8 Å². The topological polar surface area (TPSA) is 0 Å². The number of hydrogen-bond donors (Lipinski definition) is 0. The summed E-state index contributed by atoms with van der Waals surface area (Å²) in [6, 6.07) is 88.5. The maximum absolute atomic E-state index is 2.48. The van der Waals surface area contributed by atoms with E-state index >= 15 is 0 Å². The lowest BCUT2D eigenvalue weighted by atomic mass is 9.81. The van der Waals surface area contributed by atoms with E-state index < -0.39 is 0 Å². The molecule has 0 amide bonds. The molecule has 2 aliphatic carbocycles. The summed E-state index contributed by atoms with van der Waals surface area (Å²) in [6.45, 7) is 9.54. The summed E-state index contributed by atoms with van der Waals surface area (Å²) in [5, 5.41) is 15.6. The highest BCUT2D eigenvalue weighted by molar-refractivity contribution is 6.25. The average molecular weight is 939 g/mol. The molecule has 0 spiro atoms. The van der Waals surface area contributed by atoms with Crippen molar-refractivity contribution in [2.75, 3.05) is 0 Å². The fraction of sp³-hybridized carbons (Fsp3) is 0.0811. The first-order chi connectivity index (χ1) is 36.1. The van der Waals surface area contributed by atoms with Crippen LogP contribution < -0.4 is 0 Å². The van der Waals surface area contributed by atoms with Crippen LogP contribution in [0.25, 0.3) is 143 Å². The van der Waals surface area contributed by atoms with Gasteiger partial charge in [0, 0.05) is 10.8 Å². The van der Waals surface area contributed by atoms with Crippen molar-refractivity contribution in [2.45, 2.75) is 38.5 Å². The maximum atomic E-state index is 2.48. The molecule has 0 bridgehead atoms. The van der Waals surface area contributed by atoms with Crippen LogP contribution in [0, 0.1) is 0 Å². The van der Waals surface area contributed by atoms with Crippen molar-refractivity contribution in [3.8, 4) is 77.9 Å².